The van der Waals surface area contributed by atoms with Gasteiger partial charge in [0.15, 0.2) is 5.82 Å². The number of anilines is 2. The lowest BCUT2D eigenvalue weighted by Gasteiger charge is -2.00. The maximum Gasteiger partial charge on any atom is 0.265 e. The number of hydrogen-bond acceptors (Lipinski definition) is 8. The van der Waals surface area contributed by atoms with E-state index in [9.17, 15) is 0 Å². The van der Waals surface area contributed by atoms with Crippen molar-refractivity contribution in [2.45, 2.75) is 32.6 Å². The van der Waals surface area contributed by atoms with Crippen molar-refractivity contribution in [2.24, 2.45) is 0 Å². The number of rotatable bonds is 2. The zero-order valence-corrected chi connectivity index (χ0v) is 11.4. The van der Waals surface area contributed by atoms with Gasteiger partial charge in [0.1, 0.15) is 23.5 Å². The minimum atomic E-state index is 0.249. The van der Waals surface area contributed by atoms with E-state index in [0.29, 0.717) is 23.0 Å². The zero-order valence-electron chi connectivity index (χ0n) is 11.4. The fourth-order valence-corrected chi connectivity index (χ4v) is 1.48. The molecule has 1 fully saturated rings. The molecule has 106 valence electrons. The van der Waals surface area contributed by atoms with Crippen molar-refractivity contribution >= 4 is 17.3 Å². The van der Waals surface area contributed by atoms with Crippen molar-refractivity contribution in [3.05, 3.63) is 12.2 Å². The van der Waals surface area contributed by atoms with E-state index in [4.69, 9.17) is 21.4 Å². The SMILES string of the molecule is CC(C)=N.Nc1ncnc(N)c1-c1nc(C2CC2)no1. The second-order valence-corrected chi connectivity index (χ2v) is 4.75. The molecule has 8 heteroatoms. The minimum Gasteiger partial charge on any atom is -0.383 e. The molecule has 8 nitrogen and oxygen atoms in total. The number of hydrogen-bond donors (Lipinski definition) is 3. The van der Waals surface area contributed by atoms with Crippen LogP contribution in [0.3, 0.4) is 0 Å². The molecule has 3 rings (SSSR count). The van der Waals surface area contributed by atoms with E-state index >= 15 is 0 Å². The van der Waals surface area contributed by atoms with E-state index in [-0.39, 0.29) is 17.5 Å². The van der Waals surface area contributed by atoms with E-state index in [2.05, 4.69) is 20.1 Å². The fourth-order valence-electron chi connectivity index (χ4n) is 1.48. The Bertz CT molecular complexity index is 594. The van der Waals surface area contributed by atoms with Crippen LogP contribution in [0.2, 0.25) is 0 Å². The van der Waals surface area contributed by atoms with Crippen molar-refractivity contribution in [1.29, 1.82) is 5.41 Å². The van der Waals surface area contributed by atoms with E-state index < -0.39 is 0 Å². The number of nitrogens with one attached hydrogen (secondary N) is 1. The van der Waals surface area contributed by atoms with Crippen LogP contribution < -0.4 is 11.5 Å². The smallest absolute Gasteiger partial charge is 0.265 e. The first-order chi connectivity index (χ1) is 9.49. The van der Waals surface area contributed by atoms with Gasteiger partial charge in [-0.2, -0.15) is 4.98 Å². The Hall–Kier alpha value is -2.51. The Morgan fingerprint density at radius 1 is 1.25 bits per heavy atom. The average Bonchev–Trinajstić information content (AvgIpc) is 3.09. The fraction of sp³-hybridized carbons (Fsp3) is 0.417. The molecular weight excluding hydrogens is 258 g/mol. The molecule has 0 aliphatic heterocycles. The van der Waals surface area contributed by atoms with Gasteiger partial charge in [-0.15, -0.1) is 0 Å². The predicted molar refractivity (Wildman–Crippen MR) is 75.2 cm³/mol. The largest absolute Gasteiger partial charge is 0.383 e. The first kappa shape index (κ1) is 13.9. The highest BCUT2D eigenvalue weighted by Crippen LogP contribution is 2.39. The van der Waals surface area contributed by atoms with Gasteiger partial charge in [0.2, 0.25) is 0 Å². The number of nitrogens with zero attached hydrogens (tertiary/aromatic N) is 4. The Balaban J connectivity index is 0.000000328. The van der Waals surface area contributed by atoms with Crippen molar-refractivity contribution in [1.82, 2.24) is 20.1 Å². The molecule has 20 heavy (non-hydrogen) atoms. The third kappa shape index (κ3) is 3.28. The third-order valence-corrected chi connectivity index (χ3v) is 2.50. The van der Waals surface area contributed by atoms with Gasteiger partial charge in [-0.05, 0) is 26.7 Å². The van der Waals surface area contributed by atoms with E-state index in [1.54, 1.807) is 13.8 Å². The van der Waals surface area contributed by atoms with Gasteiger partial charge in [-0.1, -0.05) is 5.16 Å². The van der Waals surface area contributed by atoms with Gasteiger partial charge >= 0.3 is 0 Å². The van der Waals surface area contributed by atoms with Gasteiger partial charge in [0.05, 0.1) is 0 Å². The van der Waals surface area contributed by atoms with Crippen LogP contribution in [-0.2, 0) is 0 Å². The van der Waals surface area contributed by atoms with Crippen LogP contribution in [0.5, 0.6) is 0 Å². The standard InChI is InChI=1S/C9H10N6O.C3H7N/c10-6-5(7(11)13-3-12-6)9-14-8(15-16-9)4-1-2-4;1-3(2)4/h3-4H,1-2H2,(H4,10,11,12,13);4H,1-2H3. The molecule has 0 aromatic carbocycles. The van der Waals surface area contributed by atoms with Crippen LogP contribution in [0.1, 0.15) is 38.4 Å². The first-order valence-electron chi connectivity index (χ1n) is 6.20. The van der Waals surface area contributed by atoms with Crippen LogP contribution >= 0.6 is 0 Å². The summed E-state index contributed by atoms with van der Waals surface area (Å²) >= 11 is 0. The van der Waals surface area contributed by atoms with Crippen LogP contribution in [0.15, 0.2) is 10.9 Å². The van der Waals surface area contributed by atoms with Gasteiger partial charge < -0.3 is 21.4 Å². The molecular formula is C12H17N7O. The summed E-state index contributed by atoms with van der Waals surface area (Å²) in [5.74, 6) is 1.91. The second-order valence-electron chi connectivity index (χ2n) is 4.75. The second kappa shape index (κ2) is 5.64. The summed E-state index contributed by atoms with van der Waals surface area (Å²) in [4.78, 5) is 11.9. The Labute approximate surface area is 116 Å². The molecule has 0 spiro atoms. The summed E-state index contributed by atoms with van der Waals surface area (Å²) in [5.41, 5.74) is 12.5. The lowest BCUT2D eigenvalue weighted by atomic mass is 10.3. The highest BCUT2D eigenvalue weighted by Gasteiger charge is 2.29. The van der Waals surface area contributed by atoms with Gasteiger partial charge in [-0.25, -0.2) is 9.97 Å². The van der Waals surface area contributed by atoms with Crippen LogP contribution in [0.25, 0.3) is 11.5 Å². The summed E-state index contributed by atoms with van der Waals surface area (Å²) in [6.45, 7) is 3.50. The first-order valence-corrected chi connectivity index (χ1v) is 6.20. The van der Waals surface area contributed by atoms with Crippen LogP contribution in [-0.4, -0.2) is 25.8 Å². The molecule has 0 saturated heterocycles. The molecule has 0 atom stereocenters. The topological polar surface area (TPSA) is 141 Å². The Kier molecular flexibility index (Phi) is 3.92. The molecule has 1 aliphatic rings. The highest BCUT2D eigenvalue weighted by molar-refractivity contribution is 5.76. The van der Waals surface area contributed by atoms with Gasteiger partial charge in [0.25, 0.3) is 5.89 Å². The van der Waals surface area contributed by atoms with Gasteiger partial charge in [0, 0.05) is 11.6 Å². The maximum atomic E-state index is 6.50. The van der Waals surface area contributed by atoms with E-state index in [1.807, 2.05) is 0 Å². The van der Waals surface area contributed by atoms with Crippen molar-refractivity contribution in [2.75, 3.05) is 11.5 Å². The summed E-state index contributed by atoms with van der Waals surface area (Å²) < 4.78 is 5.11. The molecule has 0 radical (unpaired) electrons. The average molecular weight is 275 g/mol. The zero-order chi connectivity index (χ0) is 14.7. The molecule has 0 amide bonds. The summed E-state index contributed by atoms with van der Waals surface area (Å²) in [5, 5.41) is 10.4. The maximum absolute atomic E-state index is 6.50. The van der Waals surface area contributed by atoms with Crippen LogP contribution in [0, 0.1) is 5.41 Å². The number of aromatic nitrogens is 4. The Morgan fingerprint density at radius 2 is 1.80 bits per heavy atom. The molecule has 5 N–H and O–H groups in total. The Morgan fingerprint density at radius 3 is 2.30 bits per heavy atom. The lowest BCUT2D eigenvalue weighted by molar-refractivity contribution is 0.423. The highest BCUT2D eigenvalue weighted by atomic mass is 16.5. The minimum absolute atomic E-state index is 0.249. The monoisotopic (exact) mass is 275 g/mol. The third-order valence-electron chi connectivity index (χ3n) is 2.50. The summed E-state index contributed by atoms with van der Waals surface area (Å²) in [7, 11) is 0. The molecule has 1 aliphatic carbocycles. The normalized spacial score (nSPS) is 13.5. The van der Waals surface area contributed by atoms with E-state index in [0.717, 1.165) is 12.8 Å². The molecule has 2 heterocycles. The van der Waals surface area contributed by atoms with Crippen molar-refractivity contribution in [3.8, 4) is 11.5 Å². The predicted octanol–water partition coefficient (Wildman–Crippen LogP) is 1.61. The molecule has 0 unspecified atom stereocenters. The summed E-state index contributed by atoms with van der Waals surface area (Å²) in [6.07, 6.45) is 3.51. The molecule has 1 saturated carbocycles. The lowest BCUT2D eigenvalue weighted by Crippen LogP contribution is -2.01. The molecule has 2 aromatic rings. The van der Waals surface area contributed by atoms with Gasteiger partial charge in [-0.3, -0.25) is 0 Å². The number of nitrogen functional groups attached to an aromatic ring is 2. The number of nitrogens with two attached hydrogens (primary N) is 2. The quantitative estimate of drug-likeness (QED) is 0.707. The molecule has 2 aromatic heterocycles. The van der Waals surface area contributed by atoms with Crippen molar-refractivity contribution < 1.29 is 4.52 Å². The molecule has 0 bridgehead atoms. The summed E-state index contributed by atoms with van der Waals surface area (Å²) in [6, 6.07) is 0. The van der Waals surface area contributed by atoms with Crippen LogP contribution in [0.4, 0.5) is 11.6 Å². The van der Waals surface area contributed by atoms with Crippen molar-refractivity contribution in [3.63, 3.8) is 0 Å². The van der Waals surface area contributed by atoms with E-state index in [1.165, 1.54) is 6.33 Å².